The summed E-state index contributed by atoms with van der Waals surface area (Å²) in [6.07, 6.45) is 7.89. The van der Waals surface area contributed by atoms with Crippen LogP contribution in [0.5, 0.6) is 0 Å². The Morgan fingerprint density at radius 1 is 1.15 bits per heavy atom. The van der Waals surface area contributed by atoms with Gasteiger partial charge in [0.25, 0.3) is 0 Å². The van der Waals surface area contributed by atoms with Gasteiger partial charge in [0, 0.05) is 25.3 Å². The van der Waals surface area contributed by atoms with Crippen LogP contribution < -0.4 is 5.32 Å². The van der Waals surface area contributed by atoms with Crippen molar-refractivity contribution in [1.29, 1.82) is 0 Å². The second kappa shape index (κ2) is 6.49. The van der Waals surface area contributed by atoms with Crippen LogP contribution in [0.15, 0.2) is 0 Å². The summed E-state index contributed by atoms with van der Waals surface area (Å²) in [6.45, 7) is 11.0. The molecule has 4 fully saturated rings. The molecule has 1 saturated heterocycles. The van der Waals surface area contributed by atoms with E-state index in [1.165, 1.54) is 32.6 Å². The number of fused-ring (bicyclic) bond motifs is 5. The third-order valence-electron chi connectivity index (χ3n) is 9.39. The van der Waals surface area contributed by atoms with E-state index in [1.807, 2.05) is 0 Å². The van der Waals surface area contributed by atoms with Crippen molar-refractivity contribution in [1.82, 2.24) is 5.32 Å². The second-order valence-corrected chi connectivity index (χ2v) is 10.7. The van der Waals surface area contributed by atoms with E-state index in [1.54, 1.807) is 0 Å². The molecule has 1 aliphatic heterocycles. The lowest BCUT2D eigenvalue weighted by atomic mass is 9.47. The van der Waals surface area contributed by atoms with Gasteiger partial charge in [-0.15, -0.1) is 0 Å². The summed E-state index contributed by atoms with van der Waals surface area (Å²) in [7, 11) is 0. The number of esters is 1. The van der Waals surface area contributed by atoms with E-state index in [2.05, 4.69) is 33.0 Å². The Labute approximate surface area is 164 Å². The Morgan fingerprint density at radius 2 is 1.89 bits per heavy atom. The van der Waals surface area contributed by atoms with E-state index >= 15 is 0 Å². The second-order valence-electron chi connectivity index (χ2n) is 10.7. The van der Waals surface area contributed by atoms with Crippen molar-refractivity contribution in [3.8, 4) is 0 Å². The molecular weight excluding hydrogens is 338 g/mol. The average molecular weight is 376 g/mol. The highest BCUT2D eigenvalue weighted by molar-refractivity contribution is 5.77. The van der Waals surface area contributed by atoms with Gasteiger partial charge in [0.15, 0.2) is 0 Å². The lowest BCUT2D eigenvalue weighted by molar-refractivity contribution is -0.156. The highest BCUT2D eigenvalue weighted by Crippen LogP contribution is 2.67. The molecule has 3 aliphatic carbocycles. The first kappa shape index (κ1) is 19.3. The van der Waals surface area contributed by atoms with Crippen molar-refractivity contribution < 1.29 is 14.3 Å². The fourth-order valence-corrected chi connectivity index (χ4v) is 8.44. The summed E-state index contributed by atoms with van der Waals surface area (Å²) in [6, 6.07) is 0.374. The molecule has 0 aromatic rings. The van der Waals surface area contributed by atoms with E-state index < -0.39 is 0 Å². The zero-order chi connectivity index (χ0) is 19.6. The molecule has 1 unspecified atom stereocenters. The normalized spacial score (nSPS) is 50.0. The van der Waals surface area contributed by atoms with Crippen LogP contribution in [0.3, 0.4) is 0 Å². The molecule has 9 atom stereocenters. The molecule has 0 aromatic heterocycles. The first-order valence-corrected chi connectivity index (χ1v) is 11.1. The van der Waals surface area contributed by atoms with E-state index in [0.29, 0.717) is 24.3 Å². The maximum atomic E-state index is 12.0. The summed E-state index contributed by atoms with van der Waals surface area (Å²) in [4.78, 5) is 23.5. The molecule has 4 rings (SSSR count). The first-order valence-electron chi connectivity index (χ1n) is 11.1. The molecule has 0 bridgehead atoms. The topological polar surface area (TPSA) is 55.4 Å². The van der Waals surface area contributed by atoms with E-state index in [0.717, 1.165) is 30.6 Å². The lowest BCUT2D eigenvalue weighted by Gasteiger charge is -2.60. The van der Waals surface area contributed by atoms with Gasteiger partial charge in [-0.2, -0.15) is 0 Å². The molecule has 4 aliphatic rings. The number of hydrogen-bond acceptors (Lipinski definition) is 3. The summed E-state index contributed by atoms with van der Waals surface area (Å²) in [5, 5.41) is 3.32. The van der Waals surface area contributed by atoms with Crippen LogP contribution in [-0.2, 0) is 14.3 Å². The minimum atomic E-state index is -0.151. The molecule has 1 amide bonds. The number of carbonyl (C=O) groups excluding carboxylic acids is 2. The molecule has 0 aromatic carbocycles. The van der Waals surface area contributed by atoms with Gasteiger partial charge in [-0.25, -0.2) is 0 Å². The smallest absolute Gasteiger partial charge is 0.302 e. The van der Waals surface area contributed by atoms with Gasteiger partial charge in [0.2, 0.25) is 5.91 Å². The van der Waals surface area contributed by atoms with E-state index in [4.69, 9.17) is 4.74 Å². The first-order chi connectivity index (χ1) is 12.7. The van der Waals surface area contributed by atoms with Crippen LogP contribution >= 0.6 is 0 Å². The van der Waals surface area contributed by atoms with Gasteiger partial charge >= 0.3 is 5.97 Å². The van der Waals surface area contributed by atoms with Crippen molar-refractivity contribution in [2.24, 2.45) is 40.4 Å². The van der Waals surface area contributed by atoms with Crippen LogP contribution in [0.1, 0.15) is 79.6 Å². The van der Waals surface area contributed by atoms with E-state index in [9.17, 15) is 9.59 Å². The standard InChI is InChI=1S/C23H37NO3/c1-13-12-18-16-6-7-19-22(4,11-9-20(26)24-19)17(16)8-10-23(18,5)21(13)14(2)27-15(3)25/h13-14,16-19,21H,6-12H2,1-5H3,(H,24,26)/t13-,14?,16+,17-,18-,19+,21+,22+,23-/m0/s1. The number of piperidine rings is 1. The maximum absolute atomic E-state index is 12.0. The Kier molecular flexibility index (Phi) is 4.63. The highest BCUT2D eigenvalue weighted by Gasteiger charge is 2.62. The lowest BCUT2D eigenvalue weighted by Crippen LogP contribution is -2.61. The van der Waals surface area contributed by atoms with Crippen molar-refractivity contribution in [3.63, 3.8) is 0 Å². The van der Waals surface area contributed by atoms with Gasteiger partial charge in [0.1, 0.15) is 6.10 Å². The molecule has 4 nitrogen and oxygen atoms in total. The highest BCUT2D eigenvalue weighted by atomic mass is 16.5. The Morgan fingerprint density at radius 3 is 2.59 bits per heavy atom. The summed E-state index contributed by atoms with van der Waals surface area (Å²) >= 11 is 0. The SMILES string of the molecule is CC(=O)OC(C)[C@H]1[C@@H](C)C[C@H]2[C@@H]3CC[C@H]4NC(=O)CC[C@]4(C)[C@H]3CC[C@@]21C. The molecule has 1 N–H and O–H groups in total. The fraction of sp³-hybridized carbons (Fsp3) is 0.913. The van der Waals surface area contributed by atoms with Crippen molar-refractivity contribution >= 4 is 11.9 Å². The quantitative estimate of drug-likeness (QED) is 0.731. The summed E-state index contributed by atoms with van der Waals surface area (Å²) in [5.41, 5.74) is 0.539. The van der Waals surface area contributed by atoms with Gasteiger partial charge in [-0.1, -0.05) is 20.8 Å². The average Bonchev–Trinajstić information content (AvgIpc) is 2.85. The monoisotopic (exact) mass is 375 g/mol. The van der Waals surface area contributed by atoms with Gasteiger partial charge in [0.05, 0.1) is 0 Å². The van der Waals surface area contributed by atoms with Crippen LogP contribution in [0.25, 0.3) is 0 Å². The third kappa shape index (κ3) is 2.84. The van der Waals surface area contributed by atoms with Gasteiger partial charge in [-0.05, 0) is 80.0 Å². The van der Waals surface area contributed by atoms with Crippen molar-refractivity contribution in [2.45, 2.75) is 91.7 Å². The minimum absolute atomic E-state index is 0.00458. The molecule has 152 valence electrons. The van der Waals surface area contributed by atoms with Crippen LogP contribution in [0, 0.1) is 40.4 Å². The van der Waals surface area contributed by atoms with Crippen LogP contribution in [0.2, 0.25) is 0 Å². The van der Waals surface area contributed by atoms with Crippen LogP contribution in [-0.4, -0.2) is 24.0 Å². The predicted molar refractivity (Wildman–Crippen MR) is 105 cm³/mol. The zero-order valence-corrected chi connectivity index (χ0v) is 17.7. The molecular formula is C23H37NO3. The maximum Gasteiger partial charge on any atom is 0.302 e. The Bertz CT molecular complexity index is 633. The van der Waals surface area contributed by atoms with Gasteiger partial charge in [-0.3, -0.25) is 9.59 Å². The number of ether oxygens (including phenoxy) is 1. The molecule has 0 spiro atoms. The summed E-state index contributed by atoms with van der Waals surface area (Å²) in [5.74, 6) is 3.38. The molecule has 3 saturated carbocycles. The van der Waals surface area contributed by atoms with Crippen LogP contribution in [0.4, 0.5) is 0 Å². The fourth-order valence-electron chi connectivity index (χ4n) is 8.44. The predicted octanol–water partition coefficient (Wildman–Crippen LogP) is 4.32. The number of rotatable bonds is 2. The molecule has 1 heterocycles. The number of hydrogen-bond donors (Lipinski definition) is 1. The Balaban J connectivity index is 1.60. The van der Waals surface area contributed by atoms with Crippen molar-refractivity contribution in [3.05, 3.63) is 0 Å². The third-order valence-corrected chi connectivity index (χ3v) is 9.39. The van der Waals surface area contributed by atoms with Crippen molar-refractivity contribution in [2.75, 3.05) is 0 Å². The molecule has 4 heteroatoms. The molecule has 27 heavy (non-hydrogen) atoms. The summed E-state index contributed by atoms with van der Waals surface area (Å²) < 4.78 is 5.69. The number of nitrogens with one attached hydrogen (secondary N) is 1. The number of carbonyl (C=O) groups is 2. The zero-order valence-electron chi connectivity index (χ0n) is 17.7. The Hall–Kier alpha value is -1.06. The largest absolute Gasteiger partial charge is 0.463 e. The number of amides is 1. The minimum Gasteiger partial charge on any atom is -0.463 e. The van der Waals surface area contributed by atoms with E-state index in [-0.39, 0.29) is 28.8 Å². The van der Waals surface area contributed by atoms with Gasteiger partial charge < -0.3 is 10.1 Å². The molecule has 0 radical (unpaired) electrons.